The maximum Gasteiger partial charge on any atom is 0.178 e. The lowest BCUT2D eigenvalue weighted by atomic mass is 10.0. The number of ketones is 1. The molecule has 0 saturated carbocycles. The first-order valence-electron chi connectivity index (χ1n) is 8.03. The van der Waals surface area contributed by atoms with Gasteiger partial charge in [-0.15, -0.1) is 0 Å². The minimum Gasteiger partial charge on any atom is -0.360 e. The molecule has 3 nitrogen and oxygen atoms in total. The Labute approximate surface area is 136 Å². The summed E-state index contributed by atoms with van der Waals surface area (Å²) in [6.07, 6.45) is 2.81. The number of fused-ring (bicyclic) bond motifs is 1. The van der Waals surface area contributed by atoms with E-state index < -0.39 is 0 Å². The van der Waals surface area contributed by atoms with Crippen LogP contribution >= 0.6 is 0 Å². The number of nitrogens with one attached hydrogen (secondary N) is 1. The van der Waals surface area contributed by atoms with Gasteiger partial charge in [-0.3, -0.25) is 9.69 Å². The van der Waals surface area contributed by atoms with Crippen LogP contribution in [0.3, 0.4) is 0 Å². The second-order valence-electron chi connectivity index (χ2n) is 5.98. The first kappa shape index (κ1) is 15.5. The third-order valence-corrected chi connectivity index (χ3v) is 4.19. The first-order chi connectivity index (χ1) is 11.2. The van der Waals surface area contributed by atoms with Crippen LogP contribution in [-0.4, -0.2) is 29.3 Å². The molecule has 2 aromatic carbocycles. The molecule has 1 N–H and O–H groups in total. The topological polar surface area (TPSA) is 36.1 Å². The van der Waals surface area contributed by atoms with Crippen molar-refractivity contribution in [1.29, 1.82) is 0 Å². The summed E-state index contributed by atoms with van der Waals surface area (Å²) in [6.45, 7) is 3.32. The molecular weight excluding hydrogens is 284 g/mol. The predicted molar refractivity (Wildman–Crippen MR) is 94.8 cm³/mol. The van der Waals surface area contributed by atoms with E-state index in [-0.39, 0.29) is 5.78 Å². The summed E-state index contributed by atoms with van der Waals surface area (Å²) in [5.41, 5.74) is 4.34. The van der Waals surface area contributed by atoms with Crippen LogP contribution in [0.5, 0.6) is 0 Å². The number of Topliss-reactive ketones (excluding diaryl/α,β-unsaturated/α-hetero) is 1. The van der Waals surface area contributed by atoms with Crippen LogP contribution in [0.4, 0.5) is 0 Å². The Morgan fingerprint density at radius 1 is 1.09 bits per heavy atom. The number of carbonyl (C=O) groups is 1. The van der Waals surface area contributed by atoms with E-state index in [9.17, 15) is 4.79 Å². The Hall–Kier alpha value is -2.39. The number of aromatic amines is 1. The second-order valence-corrected chi connectivity index (χ2v) is 5.98. The van der Waals surface area contributed by atoms with Crippen LogP contribution in [0, 0.1) is 0 Å². The monoisotopic (exact) mass is 306 g/mol. The van der Waals surface area contributed by atoms with E-state index in [4.69, 9.17) is 0 Å². The summed E-state index contributed by atoms with van der Waals surface area (Å²) in [7, 11) is 1.98. The van der Waals surface area contributed by atoms with E-state index in [1.54, 1.807) is 0 Å². The molecule has 3 heteroatoms. The van der Waals surface area contributed by atoms with Crippen molar-refractivity contribution in [3.05, 3.63) is 71.4 Å². The zero-order valence-corrected chi connectivity index (χ0v) is 13.7. The van der Waals surface area contributed by atoms with Gasteiger partial charge in [-0.2, -0.15) is 0 Å². The van der Waals surface area contributed by atoms with Gasteiger partial charge in [0.1, 0.15) is 0 Å². The molecule has 0 spiro atoms. The SMILES string of the molecule is CCc1cccc2c(C(=O)CN(C)Cc3ccccc3)c[nH]c12. The van der Waals surface area contributed by atoms with E-state index in [1.807, 2.05) is 43.6 Å². The molecule has 0 radical (unpaired) electrons. The molecule has 0 bridgehead atoms. The van der Waals surface area contributed by atoms with Crippen LogP contribution in [0.1, 0.15) is 28.4 Å². The van der Waals surface area contributed by atoms with E-state index in [2.05, 4.69) is 35.0 Å². The molecule has 0 saturated heterocycles. The quantitative estimate of drug-likeness (QED) is 0.698. The number of carbonyl (C=O) groups excluding carboxylic acids is 1. The predicted octanol–water partition coefficient (Wildman–Crippen LogP) is 4.05. The third kappa shape index (κ3) is 3.35. The first-order valence-corrected chi connectivity index (χ1v) is 8.03. The van der Waals surface area contributed by atoms with Crippen molar-refractivity contribution in [1.82, 2.24) is 9.88 Å². The van der Waals surface area contributed by atoms with Crippen LogP contribution in [0.15, 0.2) is 54.7 Å². The minimum absolute atomic E-state index is 0.155. The van der Waals surface area contributed by atoms with Crippen molar-refractivity contribution in [2.75, 3.05) is 13.6 Å². The van der Waals surface area contributed by atoms with Crippen molar-refractivity contribution in [3.63, 3.8) is 0 Å². The van der Waals surface area contributed by atoms with Crippen LogP contribution in [0.2, 0.25) is 0 Å². The smallest absolute Gasteiger partial charge is 0.178 e. The number of hydrogen-bond donors (Lipinski definition) is 1. The Balaban J connectivity index is 1.76. The number of aromatic nitrogens is 1. The summed E-state index contributed by atoms with van der Waals surface area (Å²) in [5, 5.41) is 1.03. The largest absolute Gasteiger partial charge is 0.360 e. The lowest BCUT2D eigenvalue weighted by Crippen LogP contribution is -2.25. The summed E-state index contributed by atoms with van der Waals surface area (Å²) in [4.78, 5) is 18.0. The Kier molecular flexibility index (Phi) is 4.58. The fourth-order valence-corrected chi connectivity index (χ4v) is 3.02. The zero-order valence-electron chi connectivity index (χ0n) is 13.7. The van der Waals surface area contributed by atoms with Crippen molar-refractivity contribution >= 4 is 16.7 Å². The number of aryl methyl sites for hydroxylation is 1. The average Bonchev–Trinajstić information content (AvgIpc) is 2.99. The normalized spacial score (nSPS) is 11.3. The van der Waals surface area contributed by atoms with Gasteiger partial charge >= 0.3 is 0 Å². The second kappa shape index (κ2) is 6.80. The van der Waals surface area contributed by atoms with E-state index >= 15 is 0 Å². The molecule has 0 unspecified atom stereocenters. The van der Waals surface area contributed by atoms with Gasteiger partial charge in [0, 0.05) is 29.2 Å². The van der Waals surface area contributed by atoms with E-state index in [1.165, 1.54) is 11.1 Å². The lowest BCUT2D eigenvalue weighted by molar-refractivity contribution is 0.0944. The number of benzene rings is 2. The molecule has 0 aliphatic rings. The van der Waals surface area contributed by atoms with Gasteiger partial charge in [0.25, 0.3) is 0 Å². The van der Waals surface area contributed by atoms with Crippen LogP contribution in [0.25, 0.3) is 10.9 Å². The molecule has 0 amide bonds. The van der Waals surface area contributed by atoms with Crippen LogP contribution in [-0.2, 0) is 13.0 Å². The number of H-pyrrole nitrogens is 1. The minimum atomic E-state index is 0.155. The summed E-state index contributed by atoms with van der Waals surface area (Å²) >= 11 is 0. The van der Waals surface area contributed by atoms with Gasteiger partial charge in [-0.05, 0) is 24.6 Å². The highest BCUT2D eigenvalue weighted by Crippen LogP contribution is 2.22. The molecule has 118 valence electrons. The van der Waals surface area contributed by atoms with E-state index in [0.29, 0.717) is 6.54 Å². The number of likely N-dealkylation sites (N-methyl/N-ethyl adjacent to an activating group) is 1. The fraction of sp³-hybridized carbons (Fsp3) is 0.250. The molecular formula is C20H22N2O. The molecule has 1 aromatic heterocycles. The molecule has 23 heavy (non-hydrogen) atoms. The van der Waals surface area contributed by atoms with Crippen LogP contribution < -0.4 is 0 Å². The van der Waals surface area contributed by atoms with Gasteiger partial charge in [0.05, 0.1) is 6.54 Å². The Morgan fingerprint density at radius 3 is 2.61 bits per heavy atom. The maximum absolute atomic E-state index is 12.7. The van der Waals surface area contributed by atoms with Gasteiger partial charge < -0.3 is 4.98 Å². The highest BCUT2D eigenvalue weighted by Gasteiger charge is 2.15. The lowest BCUT2D eigenvalue weighted by Gasteiger charge is -2.15. The average molecular weight is 306 g/mol. The zero-order chi connectivity index (χ0) is 16.2. The Morgan fingerprint density at radius 2 is 1.87 bits per heavy atom. The van der Waals surface area contributed by atoms with Gasteiger partial charge in [-0.25, -0.2) is 0 Å². The van der Waals surface area contributed by atoms with Gasteiger partial charge in [-0.1, -0.05) is 55.5 Å². The molecule has 0 aliphatic carbocycles. The molecule has 3 rings (SSSR count). The molecule has 3 aromatic rings. The number of para-hydroxylation sites is 1. The maximum atomic E-state index is 12.7. The van der Waals surface area contributed by atoms with Crippen molar-refractivity contribution in [3.8, 4) is 0 Å². The molecule has 0 atom stereocenters. The highest BCUT2D eigenvalue weighted by atomic mass is 16.1. The number of rotatable bonds is 6. The third-order valence-electron chi connectivity index (χ3n) is 4.19. The highest BCUT2D eigenvalue weighted by molar-refractivity contribution is 6.09. The van der Waals surface area contributed by atoms with Gasteiger partial charge in [0.2, 0.25) is 0 Å². The fourth-order valence-electron chi connectivity index (χ4n) is 3.02. The Bertz CT molecular complexity index is 805. The summed E-state index contributed by atoms with van der Waals surface area (Å²) in [6, 6.07) is 16.4. The molecule has 0 fully saturated rings. The summed E-state index contributed by atoms with van der Waals surface area (Å²) < 4.78 is 0. The number of nitrogens with zero attached hydrogens (tertiary/aromatic N) is 1. The summed E-state index contributed by atoms with van der Waals surface area (Å²) in [5.74, 6) is 0.155. The molecule has 1 heterocycles. The van der Waals surface area contributed by atoms with Crippen molar-refractivity contribution < 1.29 is 4.79 Å². The van der Waals surface area contributed by atoms with Crippen molar-refractivity contribution in [2.24, 2.45) is 0 Å². The van der Waals surface area contributed by atoms with E-state index in [0.717, 1.165) is 29.4 Å². The van der Waals surface area contributed by atoms with Crippen molar-refractivity contribution in [2.45, 2.75) is 19.9 Å². The van der Waals surface area contributed by atoms with Gasteiger partial charge in [0.15, 0.2) is 5.78 Å². The molecule has 0 aliphatic heterocycles. The number of hydrogen-bond acceptors (Lipinski definition) is 2. The standard InChI is InChI=1S/C20H22N2O/c1-3-16-10-7-11-17-18(12-21-20(16)17)19(23)14-22(2)13-15-8-5-4-6-9-15/h4-12,21H,3,13-14H2,1-2H3.